The van der Waals surface area contributed by atoms with Crippen LogP contribution in [0.1, 0.15) is 16.9 Å². The molecule has 0 bridgehead atoms. The molecule has 0 saturated heterocycles. The first-order chi connectivity index (χ1) is 6.97. The second-order valence-electron chi connectivity index (χ2n) is 2.54. The number of hydrogen-bond donors (Lipinski definition) is 0. The number of hydrogen-bond acceptors (Lipinski definition) is 3. The van der Waals surface area contributed by atoms with E-state index in [0.717, 1.165) is 19.2 Å². The Hall–Kier alpha value is -1.43. The van der Waals surface area contributed by atoms with Crippen molar-refractivity contribution in [3.63, 3.8) is 0 Å². The zero-order valence-corrected chi connectivity index (χ0v) is 8.29. The highest BCUT2D eigenvalue weighted by atomic mass is 35.5. The smallest absolute Gasteiger partial charge is 0.338 e. The number of rotatable bonds is 2. The van der Waals surface area contributed by atoms with Crippen LogP contribution in [0.2, 0.25) is 5.15 Å². The van der Waals surface area contributed by atoms with E-state index in [1.54, 1.807) is 0 Å². The van der Waals surface area contributed by atoms with Gasteiger partial charge in [-0.2, -0.15) is 8.78 Å². The third-order valence-corrected chi connectivity index (χ3v) is 1.93. The van der Waals surface area contributed by atoms with Gasteiger partial charge in [-0.25, -0.2) is 9.36 Å². The molecule has 0 N–H and O–H groups in total. The van der Waals surface area contributed by atoms with Crippen LogP contribution < -0.4 is 5.56 Å². The van der Waals surface area contributed by atoms with Crippen molar-refractivity contribution in [2.24, 2.45) is 0 Å². The average Bonchev–Trinajstić information content (AvgIpc) is 2.14. The van der Waals surface area contributed by atoms with Crippen LogP contribution in [0.15, 0.2) is 16.9 Å². The van der Waals surface area contributed by atoms with Crippen LogP contribution in [0.3, 0.4) is 0 Å². The van der Waals surface area contributed by atoms with Gasteiger partial charge >= 0.3 is 12.5 Å². The zero-order chi connectivity index (χ0) is 11.6. The Morgan fingerprint density at radius 2 is 2.13 bits per heavy atom. The van der Waals surface area contributed by atoms with Gasteiger partial charge in [-0.05, 0) is 6.07 Å². The van der Waals surface area contributed by atoms with Crippen LogP contribution in [0.5, 0.6) is 0 Å². The molecule has 0 aliphatic rings. The summed E-state index contributed by atoms with van der Waals surface area (Å²) in [7, 11) is 1.11. The lowest BCUT2D eigenvalue weighted by Crippen LogP contribution is -2.22. The number of aromatic nitrogens is 1. The molecule has 0 unspecified atom stereocenters. The Bertz CT molecular complexity index is 444. The number of pyridine rings is 1. The van der Waals surface area contributed by atoms with Crippen molar-refractivity contribution in [1.29, 1.82) is 0 Å². The van der Waals surface area contributed by atoms with Gasteiger partial charge in [0.1, 0.15) is 5.15 Å². The number of ether oxygens (including phenoxy) is 1. The molecule has 0 spiro atoms. The monoisotopic (exact) mass is 237 g/mol. The lowest BCUT2D eigenvalue weighted by Gasteiger charge is -2.07. The molecule has 1 aromatic heterocycles. The number of alkyl halides is 2. The molecule has 0 radical (unpaired) electrons. The summed E-state index contributed by atoms with van der Waals surface area (Å²) in [6.07, 6.45) is 0. The van der Waals surface area contributed by atoms with Gasteiger partial charge < -0.3 is 4.74 Å². The SMILES string of the molecule is COC(=O)c1cc(Cl)n(C(F)F)c(=O)c1. The van der Waals surface area contributed by atoms with Gasteiger partial charge in [0.05, 0.1) is 12.7 Å². The van der Waals surface area contributed by atoms with E-state index in [0.29, 0.717) is 0 Å². The second kappa shape index (κ2) is 4.39. The standard InChI is InChI=1S/C8H6ClF2NO3/c1-15-7(14)4-2-5(9)12(8(10)11)6(13)3-4/h2-3,8H,1H3. The zero-order valence-electron chi connectivity index (χ0n) is 7.54. The van der Waals surface area contributed by atoms with E-state index in [1.165, 1.54) is 0 Å². The molecule has 0 fully saturated rings. The van der Waals surface area contributed by atoms with Crippen LogP contribution in [0.4, 0.5) is 8.78 Å². The molecule has 1 rings (SSSR count). The van der Waals surface area contributed by atoms with Crippen LogP contribution in [0, 0.1) is 0 Å². The summed E-state index contributed by atoms with van der Waals surface area (Å²) >= 11 is 5.41. The minimum Gasteiger partial charge on any atom is -0.465 e. The molecule has 0 amide bonds. The van der Waals surface area contributed by atoms with Crippen molar-refractivity contribution >= 4 is 17.6 Å². The summed E-state index contributed by atoms with van der Waals surface area (Å²) in [5.41, 5.74) is -1.22. The molecular weight excluding hydrogens is 232 g/mol. The lowest BCUT2D eigenvalue weighted by molar-refractivity contribution is 0.0587. The molecule has 7 heteroatoms. The molecule has 0 saturated carbocycles. The summed E-state index contributed by atoms with van der Waals surface area (Å²) < 4.78 is 28.9. The first-order valence-corrected chi connectivity index (χ1v) is 4.13. The van der Waals surface area contributed by atoms with Crippen molar-refractivity contribution in [2.45, 2.75) is 6.55 Å². The van der Waals surface area contributed by atoms with Crippen LogP contribution >= 0.6 is 11.6 Å². The number of carbonyl (C=O) groups excluding carboxylic acids is 1. The van der Waals surface area contributed by atoms with E-state index in [4.69, 9.17) is 11.6 Å². The fourth-order valence-corrected chi connectivity index (χ4v) is 1.25. The maximum absolute atomic E-state index is 12.3. The molecule has 0 aliphatic heterocycles. The van der Waals surface area contributed by atoms with Crippen molar-refractivity contribution in [2.75, 3.05) is 7.11 Å². The number of esters is 1. The highest BCUT2D eigenvalue weighted by molar-refractivity contribution is 6.29. The Labute approximate surface area is 88.0 Å². The molecular formula is C8H6ClF2NO3. The Morgan fingerprint density at radius 1 is 1.53 bits per heavy atom. The second-order valence-corrected chi connectivity index (χ2v) is 2.93. The van der Waals surface area contributed by atoms with E-state index in [-0.39, 0.29) is 10.1 Å². The Balaban J connectivity index is 3.32. The maximum Gasteiger partial charge on any atom is 0.338 e. The lowest BCUT2D eigenvalue weighted by atomic mass is 10.3. The minimum absolute atomic E-state index is 0.0635. The molecule has 82 valence electrons. The third-order valence-electron chi connectivity index (χ3n) is 1.64. The van der Waals surface area contributed by atoms with Gasteiger partial charge in [-0.15, -0.1) is 0 Å². The summed E-state index contributed by atoms with van der Waals surface area (Å²) in [6.45, 7) is -3.04. The van der Waals surface area contributed by atoms with E-state index >= 15 is 0 Å². The summed E-state index contributed by atoms with van der Waals surface area (Å²) in [4.78, 5) is 22.1. The van der Waals surface area contributed by atoms with Crippen LogP contribution in [0.25, 0.3) is 0 Å². The third kappa shape index (κ3) is 2.33. The van der Waals surface area contributed by atoms with E-state index in [9.17, 15) is 18.4 Å². The van der Waals surface area contributed by atoms with Crippen LogP contribution in [-0.4, -0.2) is 17.6 Å². The molecule has 1 heterocycles. The fraction of sp³-hybridized carbons (Fsp3) is 0.250. The highest BCUT2D eigenvalue weighted by Crippen LogP contribution is 2.16. The van der Waals surface area contributed by atoms with E-state index in [2.05, 4.69) is 4.74 Å². The van der Waals surface area contributed by atoms with Gasteiger partial charge in [0.2, 0.25) is 0 Å². The first-order valence-electron chi connectivity index (χ1n) is 3.76. The van der Waals surface area contributed by atoms with Gasteiger partial charge in [-0.1, -0.05) is 11.6 Å². The highest BCUT2D eigenvalue weighted by Gasteiger charge is 2.16. The topological polar surface area (TPSA) is 48.3 Å². The number of halogens is 3. The van der Waals surface area contributed by atoms with Crippen molar-refractivity contribution in [3.8, 4) is 0 Å². The largest absolute Gasteiger partial charge is 0.465 e. The van der Waals surface area contributed by atoms with Gasteiger partial charge in [0, 0.05) is 6.07 Å². The number of methoxy groups -OCH3 is 1. The maximum atomic E-state index is 12.3. The predicted molar refractivity (Wildman–Crippen MR) is 48.3 cm³/mol. The first kappa shape index (κ1) is 11.6. The molecule has 4 nitrogen and oxygen atoms in total. The molecule has 15 heavy (non-hydrogen) atoms. The van der Waals surface area contributed by atoms with Crippen molar-refractivity contribution in [1.82, 2.24) is 4.57 Å². The molecule has 1 aromatic rings. The molecule has 0 atom stereocenters. The molecule has 0 aromatic carbocycles. The van der Waals surface area contributed by atoms with E-state index < -0.39 is 23.2 Å². The fourth-order valence-electron chi connectivity index (χ4n) is 0.972. The average molecular weight is 238 g/mol. The number of carbonyl (C=O) groups is 1. The Morgan fingerprint density at radius 3 is 2.53 bits per heavy atom. The van der Waals surface area contributed by atoms with Gasteiger partial charge in [0.25, 0.3) is 5.56 Å². The quantitative estimate of drug-likeness (QED) is 0.581. The van der Waals surface area contributed by atoms with E-state index in [1.807, 2.05) is 0 Å². The van der Waals surface area contributed by atoms with Gasteiger partial charge in [-0.3, -0.25) is 4.79 Å². The van der Waals surface area contributed by atoms with Crippen LogP contribution in [-0.2, 0) is 4.74 Å². The van der Waals surface area contributed by atoms with Crippen molar-refractivity contribution < 1.29 is 18.3 Å². The number of nitrogens with zero attached hydrogens (tertiary/aromatic N) is 1. The van der Waals surface area contributed by atoms with Crippen molar-refractivity contribution in [3.05, 3.63) is 33.2 Å². The minimum atomic E-state index is -3.04. The summed E-state index contributed by atoms with van der Waals surface area (Å²) in [6, 6.07) is 1.69. The predicted octanol–water partition coefficient (Wildman–Crippen LogP) is 1.68. The Kier molecular flexibility index (Phi) is 3.41. The molecule has 0 aliphatic carbocycles. The van der Waals surface area contributed by atoms with Gasteiger partial charge in [0.15, 0.2) is 0 Å². The summed E-state index contributed by atoms with van der Waals surface area (Å²) in [5, 5.41) is -0.516. The summed E-state index contributed by atoms with van der Waals surface area (Å²) in [5.74, 6) is -0.810. The normalized spacial score (nSPS) is 10.5.